The summed E-state index contributed by atoms with van der Waals surface area (Å²) in [5.74, 6) is -0.903. The number of nitrogens with zero attached hydrogens (tertiary/aromatic N) is 2. The van der Waals surface area contributed by atoms with Crippen molar-refractivity contribution in [3.8, 4) is 11.5 Å². The molecule has 1 fully saturated rings. The van der Waals surface area contributed by atoms with E-state index in [4.69, 9.17) is 9.47 Å². The molecule has 0 bridgehead atoms. The zero-order valence-corrected chi connectivity index (χ0v) is 18.6. The van der Waals surface area contributed by atoms with E-state index in [0.717, 1.165) is 12.0 Å². The Morgan fingerprint density at radius 2 is 1.76 bits per heavy atom. The van der Waals surface area contributed by atoms with Crippen LogP contribution in [0.1, 0.15) is 29.7 Å². The maximum Gasteiger partial charge on any atom is 0.300 e. The molecule has 1 aliphatic heterocycles. The minimum Gasteiger partial charge on any atom is -0.507 e. The molecule has 1 aliphatic rings. The molecular weight excluding hydrogens is 420 g/mol. The zero-order chi connectivity index (χ0) is 23.5. The van der Waals surface area contributed by atoms with Crippen LogP contribution in [0, 0.1) is 0 Å². The van der Waals surface area contributed by atoms with Crippen LogP contribution in [-0.2, 0) is 16.0 Å². The van der Waals surface area contributed by atoms with E-state index in [9.17, 15) is 14.7 Å². The number of rotatable bonds is 6. The molecule has 0 aliphatic carbocycles. The monoisotopic (exact) mass is 444 g/mol. The Kier molecular flexibility index (Phi) is 6.13. The smallest absolute Gasteiger partial charge is 0.300 e. The van der Waals surface area contributed by atoms with Crippen molar-refractivity contribution in [1.29, 1.82) is 0 Å². The molecule has 0 radical (unpaired) electrons. The largest absolute Gasteiger partial charge is 0.507 e. The lowest BCUT2D eigenvalue weighted by molar-refractivity contribution is -0.132. The van der Waals surface area contributed by atoms with E-state index < -0.39 is 17.7 Å². The number of aliphatic hydroxyl groups excluding tert-OH is 1. The second-order valence-electron chi connectivity index (χ2n) is 7.55. The fourth-order valence-corrected chi connectivity index (χ4v) is 3.98. The molecule has 7 heteroatoms. The highest BCUT2D eigenvalue weighted by molar-refractivity contribution is 6.51. The van der Waals surface area contributed by atoms with Gasteiger partial charge in [-0.3, -0.25) is 19.5 Å². The zero-order valence-electron chi connectivity index (χ0n) is 18.6. The van der Waals surface area contributed by atoms with E-state index in [1.807, 2.05) is 31.2 Å². The summed E-state index contributed by atoms with van der Waals surface area (Å²) in [5, 5.41) is 11.2. The van der Waals surface area contributed by atoms with Crippen LogP contribution >= 0.6 is 0 Å². The number of Topliss-reactive ketones (excluding diaryl/α,β-unsaturated/α-hetero) is 1. The Labute approximate surface area is 191 Å². The molecule has 1 atom stereocenters. The number of hydrogen-bond donors (Lipinski definition) is 1. The van der Waals surface area contributed by atoms with Crippen molar-refractivity contribution in [1.82, 2.24) is 4.98 Å². The quantitative estimate of drug-likeness (QED) is 0.347. The van der Waals surface area contributed by atoms with E-state index in [2.05, 4.69) is 4.98 Å². The Morgan fingerprint density at radius 3 is 2.36 bits per heavy atom. The molecule has 33 heavy (non-hydrogen) atoms. The van der Waals surface area contributed by atoms with E-state index in [1.165, 1.54) is 19.1 Å². The standard InChI is InChI=1S/C26H24N2O5/c1-4-16-7-10-19(11-8-16)28-23(18-6-5-13-27-15-18)22(25(30)26(28)31)24(29)17-9-12-20(32-2)21(14-17)33-3/h5-15,23,29H,4H2,1-3H3/b24-22-. The molecule has 0 saturated carbocycles. The lowest BCUT2D eigenvalue weighted by Gasteiger charge is -2.25. The van der Waals surface area contributed by atoms with Crippen molar-refractivity contribution >= 4 is 23.1 Å². The van der Waals surface area contributed by atoms with Gasteiger partial charge in [-0.2, -0.15) is 0 Å². The van der Waals surface area contributed by atoms with Crippen LogP contribution in [0.2, 0.25) is 0 Å². The van der Waals surface area contributed by atoms with Crippen molar-refractivity contribution in [2.24, 2.45) is 0 Å². The fourth-order valence-electron chi connectivity index (χ4n) is 3.98. The van der Waals surface area contributed by atoms with Crippen LogP contribution in [-0.4, -0.2) is 36.0 Å². The first-order valence-corrected chi connectivity index (χ1v) is 10.5. The number of ether oxygens (including phenoxy) is 2. The lowest BCUT2D eigenvalue weighted by atomic mass is 9.96. The predicted molar refractivity (Wildman–Crippen MR) is 124 cm³/mol. The normalized spacial score (nSPS) is 17.3. The molecule has 3 aromatic rings. The molecule has 2 heterocycles. The SMILES string of the molecule is CCc1ccc(N2C(=O)C(=O)/C(=C(\O)c3ccc(OC)c(OC)c3)C2c2cccnc2)cc1. The number of aliphatic hydroxyl groups is 1. The maximum absolute atomic E-state index is 13.2. The molecule has 0 spiro atoms. The van der Waals surface area contributed by atoms with E-state index >= 15 is 0 Å². The van der Waals surface area contributed by atoms with Gasteiger partial charge in [0.15, 0.2) is 11.5 Å². The summed E-state index contributed by atoms with van der Waals surface area (Å²) >= 11 is 0. The topological polar surface area (TPSA) is 89.0 Å². The Morgan fingerprint density at radius 1 is 1.03 bits per heavy atom. The number of methoxy groups -OCH3 is 2. The summed E-state index contributed by atoms with van der Waals surface area (Å²) in [4.78, 5) is 32.0. The van der Waals surface area contributed by atoms with Crippen LogP contribution in [0.3, 0.4) is 0 Å². The number of benzene rings is 2. The van der Waals surface area contributed by atoms with Crippen molar-refractivity contribution in [3.63, 3.8) is 0 Å². The first-order chi connectivity index (χ1) is 16.0. The Bertz CT molecular complexity index is 1220. The van der Waals surface area contributed by atoms with E-state index in [0.29, 0.717) is 28.3 Å². The highest BCUT2D eigenvalue weighted by Gasteiger charge is 2.47. The van der Waals surface area contributed by atoms with Gasteiger partial charge < -0.3 is 14.6 Å². The van der Waals surface area contributed by atoms with E-state index in [1.54, 1.807) is 42.7 Å². The molecule has 1 N–H and O–H groups in total. The third-order valence-electron chi connectivity index (χ3n) is 5.72. The van der Waals surface area contributed by atoms with Crippen LogP contribution in [0.4, 0.5) is 5.69 Å². The molecule has 4 rings (SSSR count). The number of aryl methyl sites for hydroxylation is 1. The first kappa shape index (κ1) is 22.1. The van der Waals surface area contributed by atoms with Gasteiger partial charge in [0.05, 0.1) is 25.8 Å². The summed E-state index contributed by atoms with van der Waals surface area (Å²) < 4.78 is 10.6. The van der Waals surface area contributed by atoms with Crippen LogP contribution in [0.15, 0.2) is 72.6 Å². The molecule has 1 aromatic heterocycles. The minimum atomic E-state index is -0.834. The number of carbonyl (C=O) groups is 2. The van der Waals surface area contributed by atoms with Gasteiger partial charge >= 0.3 is 0 Å². The van der Waals surface area contributed by atoms with Gasteiger partial charge in [-0.1, -0.05) is 25.1 Å². The third kappa shape index (κ3) is 3.93. The van der Waals surface area contributed by atoms with Gasteiger partial charge in [-0.15, -0.1) is 0 Å². The maximum atomic E-state index is 13.2. The number of hydrogen-bond acceptors (Lipinski definition) is 6. The van der Waals surface area contributed by atoms with Crippen molar-refractivity contribution in [2.75, 3.05) is 19.1 Å². The second kappa shape index (κ2) is 9.16. The fraction of sp³-hybridized carbons (Fsp3) is 0.192. The minimum absolute atomic E-state index is 0.0141. The third-order valence-corrected chi connectivity index (χ3v) is 5.72. The van der Waals surface area contributed by atoms with Crippen molar-refractivity contribution < 1.29 is 24.2 Å². The van der Waals surface area contributed by atoms with Gasteiger partial charge in [0, 0.05) is 23.6 Å². The molecule has 1 amide bonds. The van der Waals surface area contributed by atoms with Crippen LogP contribution in [0.5, 0.6) is 11.5 Å². The number of ketones is 1. The summed E-state index contributed by atoms with van der Waals surface area (Å²) in [6, 6.07) is 14.9. The average Bonchev–Trinajstić information content (AvgIpc) is 3.14. The molecule has 1 saturated heterocycles. The number of amides is 1. The predicted octanol–water partition coefficient (Wildman–Crippen LogP) is 4.29. The number of anilines is 1. The second-order valence-corrected chi connectivity index (χ2v) is 7.55. The molecule has 2 aromatic carbocycles. The summed E-state index contributed by atoms with van der Waals surface area (Å²) in [6.45, 7) is 2.04. The summed E-state index contributed by atoms with van der Waals surface area (Å²) in [7, 11) is 2.99. The van der Waals surface area contributed by atoms with Gasteiger partial charge in [-0.05, 0) is 53.9 Å². The first-order valence-electron chi connectivity index (χ1n) is 10.5. The Hall–Kier alpha value is -4.13. The van der Waals surface area contributed by atoms with Gasteiger partial charge in [-0.25, -0.2) is 0 Å². The van der Waals surface area contributed by atoms with Crippen molar-refractivity contribution in [3.05, 3.63) is 89.3 Å². The van der Waals surface area contributed by atoms with Gasteiger partial charge in [0.25, 0.3) is 11.7 Å². The van der Waals surface area contributed by atoms with Gasteiger partial charge in [0.1, 0.15) is 5.76 Å². The number of carbonyl (C=O) groups excluding carboxylic acids is 2. The molecule has 168 valence electrons. The molecule has 1 unspecified atom stereocenters. The van der Waals surface area contributed by atoms with Gasteiger partial charge in [0.2, 0.25) is 0 Å². The molecule has 7 nitrogen and oxygen atoms in total. The van der Waals surface area contributed by atoms with E-state index in [-0.39, 0.29) is 11.3 Å². The summed E-state index contributed by atoms with van der Waals surface area (Å²) in [6.07, 6.45) is 4.05. The number of aromatic nitrogens is 1. The number of pyridine rings is 1. The van der Waals surface area contributed by atoms with Crippen molar-refractivity contribution in [2.45, 2.75) is 19.4 Å². The average molecular weight is 444 g/mol. The highest BCUT2D eigenvalue weighted by atomic mass is 16.5. The van der Waals surface area contributed by atoms with Crippen LogP contribution in [0.25, 0.3) is 5.76 Å². The highest BCUT2D eigenvalue weighted by Crippen LogP contribution is 2.42. The Balaban J connectivity index is 1.90. The molecular formula is C26H24N2O5. The lowest BCUT2D eigenvalue weighted by Crippen LogP contribution is -2.29. The van der Waals surface area contributed by atoms with Crippen LogP contribution < -0.4 is 14.4 Å². The summed E-state index contributed by atoms with van der Waals surface area (Å²) in [5.41, 5.74) is 2.60.